The molecule has 41 heavy (non-hydrogen) atoms. The molecule has 3 aromatic rings. The number of aliphatic hydroxyl groups is 1. The molecule has 0 aliphatic carbocycles. The van der Waals surface area contributed by atoms with Crippen molar-refractivity contribution >= 4 is 44.1 Å². The minimum atomic E-state index is -4.90. The van der Waals surface area contributed by atoms with Crippen LogP contribution in [0.5, 0.6) is 0 Å². The van der Waals surface area contributed by atoms with E-state index in [9.17, 15) is 35.1 Å². The van der Waals surface area contributed by atoms with Crippen LogP contribution in [0.15, 0.2) is 88.7 Å². The number of rotatable bonds is 8. The number of anilines is 2. The number of nitrogens with zero attached hydrogens (tertiary/aromatic N) is 3. The molecule has 1 aliphatic heterocycles. The second-order valence-electron chi connectivity index (χ2n) is 9.92. The maximum atomic E-state index is 13.6. The van der Waals surface area contributed by atoms with Crippen LogP contribution in [0.4, 0.5) is 24.5 Å². The number of thiol groups is 1. The molecule has 0 bridgehead atoms. The van der Waals surface area contributed by atoms with Crippen molar-refractivity contribution in [2.75, 3.05) is 41.6 Å². The first-order valence-corrected chi connectivity index (χ1v) is 16.2. The molecule has 8 nitrogen and oxygen atoms in total. The fourth-order valence-electron chi connectivity index (χ4n) is 4.71. The van der Waals surface area contributed by atoms with Gasteiger partial charge in [0.05, 0.1) is 29.4 Å². The Kier molecular flexibility index (Phi) is 8.72. The number of alkyl halides is 3. The van der Waals surface area contributed by atoms with Crippen LogP contribution in [-0.2, 0) is 25.6 Å². The van der Waals surface area contributed by atoms with Crippen LogP contribution >= 0.6 is 12.6 Å². The van der Waals surface area contributed by atoms with Crippen molar-refractivity contribution in [2.24, 2.45) is 0 Å². The van der Waals surface area contributed by atoms with Gasteiger partial charge in [0, 0.05) is 30.2 Å². The lowest BCUT2D eigenvalue weighted by Gasteiger charge is -2.44. The Morgan fingerprint density at radius 3 is 2.07 bits per heavy atom. The molecular formula is C27H30F3N3O5S3. The molecule has 0 unspecified atom stereocenters. The van der Waals surface area contributed by atoms with Crippen LogP contribution in [-0.4, -0.2) is 70.9 Å². The average molecular weight is 630 g/mol. The van der Waals surface area contributed by atoms with E-state index >= 15 is 0 Å². The van der Waals surface area contributed by atoms with Gasteiger partial charge in [0.15, 0.2) is 5.60 Å². The van der Waals surface area contributed by atoms with Crippen LogP contribution in [0, 0.1) is 0 Å². The molecule has 0 aromatic heterocycles. The van der Waals surface area contributed by atoms with E-state index in [1.165, 1.54) is 26.8 Å². The Bertz CT molecular complexity index is 1580. The zero-order valence-corrected chi connectivity index (χ0v) is 24.8. The third kappa shape index (κ3) is 6.51. The van der Waals surface area contributed by atoms with E-state index in [1.54, 1.807) is 53.4 Å². The Morgan fingerprint density at radius 2 is 1.51 bits per heavy atom. The van der Waals surface area contributed by atoms with Crippen molar-refractivity contribution in [3.8, 4) is 0 Å². The van der Waals surface area contributed by atoms with Crippen molar-refractivity contribution in [3.63, 3.8) is 0 Å². The highest BCUT2D eigenvalue weighted by molar-refractivity contribution is 7.92. The highest BCUT2D eigenvalue weighted by Gasteiger charge is 2.51. The largest absolute Gasteiger partial charge is 0.421 e. The van der Waals surface area contributed by atoms with Crippen molar-refractivity contribution < 1.29 is 35.1 Å². The number of hydrogen-bond donors (Lipinski definition) is 2. The third-order valence-electron chi connectivity index (χ3n) is 7.06. The Balaban J connectivity index is 1.73. The Hall–Kier alpha value is -2.78. The quantitative estimate of drug-likeness (QED) is 0.365. The minimum Gasteiger partial charge on any atom is -0.376 e. The summed E-state index contributed by atoms with van der Waals surface area (Å²) < 4.78 is 95.5. The minimum absolute atomic E-state index is 0.0114. The Morgan fingerprint density at radius 1 is 0.927 bits per heavy atom. The van der Waals surface area contributed by atoms with Crippen LogP contribution in [0.1, 0.15) is 12.5 Å². The predicted molar refractivity (Wildman–Crippen MR) is 154 cm³/mol. The van der Waals surface area contributed by atoms with Crippen molar-refractivity contribution in [1.82, 2.24) is 4.31 Å². The molecule has 4 rings (SSSR count). The maximum Gasteiger partial charge on any atom is 0.421 e. The van der Waals surface area contributed by atoms with Gasteiger partial charge in [-0.3, -0.25) is 4.31 Å². The summed E-state index contributed by atoms with van der Waals surface area (Å²) in [6, 6.07) is 19.0. The van der Waals surface area contributed by atoms with Crippen molar-refractivity contribution in [3.05, 3.63) is 84.4 Å². The summed E-state index contributed by atoms with van der Waals surface area (Å²) in [7, 11) is -7.81. The van der Waals surface area contributed by atoms with E-state index in [0.29, 0.717) is 18.3 Å². The van der Waals surface area contributed by atoms with Crippen molar-refractivity contribution in [1.29, 1.82) is 0 Å². The van der Waals surface area contributed by atoms with Gasteiger partial charge in [-0.1, -0.05) is 42.5 Å². The first kappa shape index (κ1) is 31.2. The van der Waals surface area contributed by atoms with Gasteiger partial charge >= 0.3 is 6.18 Å². The van der Waals surface area contributed by atoms with Gasteiger partial charge < -0.3 is 10.0 Å². The first-order chi connectivity index (χ1) is 19.0. The molecule has 0 radical (unpaired) electrons. The third-order valence-corrected chi connectivity index (χ3v) is 10.7. The van der Waals surface area contributed by atoms with Gasteiger partial charge in [-0.15, -0.1) is 12.6 Å². The topological polar surface area (TPSA) is 98.2 Å². The van der Waals surface area contributed by atoms with E-state index in [4.69, 9.17) is 0 Å². The summed E-state index contributed by atoms with van der Waals surface area (Å²) in [4.78, 5) is 2.05. The number of para-hydroxylation sites is 1. The van der Waals surface area contributed by atoms with Gasteiger partial charge in [0.25, 0.3) is 0 Å². The van der Waals surface area contributed by atoms with E-state index in [2.05, 4.69) is 12.6 Å². The molecule has 0 spiro atoms. The molecule has 222 valence electrons. The highest BCUT2D eigenvalue weighted by atomic mass is 32.2. The lowest BCUT2D eigenvalue weighted by Crippen LogP contribution is -2.59. The molecule has 1 saturated heterocycles. The van der Waals surface area contributed by atoms with E-state index in [1.807, 2.05) is 0 Å². The molecule has 1 heterocycles. The van der Waals surface area contributed by atoms with Gasteiger partial charge in [0.1, 0.15) is 0 Å². The standard InChI is InChI=1S/C27H30F3N3O5S3/c1-26(34,27(28,29)30)20-12-14-21(15-13-20)32-17-16-31(41(37,38)25-11-7-6-10-24(25)39)18-23(32)19-33(40(2,35)36)22-8-4-3-5-9-22/h3-15,23,34,39H,16-19H2,1-2H3/t23-,26+/m1/s1. The SMILES string of the molecule is C[C@](O)(c1ccc(N2CCN(S(=O)(=O)c3ccccc3S)C[C@@H]2CN(c2ccccc2)S(C)(=O)=O)cc1)C(F)(F)F. The number of piperazine rings is 1. The molecule has 1 fully saturated rings. The zero-order chi connectivity index (χ0) is 30.2. The summed E-state index contributed by atoms with van der Waals surface area (Å²) in [5.74, 6) is 0. The van der Waals surface area contributed by atoms with Gasteiger partial charge in [-0.25, -0.2) is 16.8 Å². The average Bonchev–Trinajstić information content (AvgIpc) is 2.91. The summed E-state index contributed by atoms with van der Waals surface area (Å²) in [6.07, 6.45) is -3.85. The number of sulfonamides is 2. The second-order valence-corrected chi connectivity index (χ2v) is 14.2. The fourth-order valence-corrected chi connectivity index (χ4v) is 7.72. The van der Waals surface area contributed by atoms with Crippen LogP contribution in [0.2, 0.25) is 0 Å². The van der Waals surface area contributed by atoms with Gasteiger partial charge in [0.2, 0.25) is 20.0 Å². The zero-order valence-electron chi connectivity index (χ0n) is 22.2. The molecule has 0 saturated carbocycles. The molecule has 3 aromatic carbocycles. The summed E-state index contributed by atoms with van der Waals surface area (Å²) in [5.41, 5.74) is -2.60. The highest BCUT2D eigenvalue weighted by Crippen LogP contribution is 2.39. The Labute approximate surface area is 243 Å². The molecule has 1 N–H and O–H groups in total. The van der Waals surface area contributed by atoms with E-state index in [-0.39, 0.29) is 41.5 Å². The predicted octanol–water partition coefficient (Wildman–Crippen LogP) is 4.09. The lowest BCUT2D eigenvalue weighted by atomic mass is 9.95. The van der Waals surface area contributed by atoms with Crippen LogP contribution in [0.3, 0.4) is 0 Å². The number of halogens is 3. The summed E-state index contributed by atoms with van der Waals surface area (Å²) >= 11 is 4.30. The van der Waals surface area contributed by atoms with Crippen LogP contribution < -0.4 is 9.21 Å². The number of hydrogen-bond acceptors (Lipinski definition) is 7. The molecule has 2 atom stereocenters. The molecule has 14 heteroatoms. The van der Waals surface area contributed by atoms with E-state index in [0.717, 1.165) is 18.4 Å². The molecule has 0 amide bonds. The monoisotopic (exact) mass is 629 g/mol. The van der Waals surface area contributed by atoms with Crippen molar-refractivity contribution in [2.45, 2.75) is 34.5 Å². The van der Waals surface area contributed by atoms with Gasteiger partial charge in [-0.2, -0.15) is 17.5 Å². The first-order valence-electron chi connectivity index (χ1n) is 12.5. The van der Waals surface area contributed by atoms with E-state index < -0.39 is 37.9 Å². The second kappa shape index (κ2) is 11.5. The normalized spacial score (nSPS) is 18.6. The molecular weight excluding hydrogens is 600 g/mol. The maximum absolute atomic E-state index is 13.6. The summed E-state index contributed by atoms with van der Waals surface area (Å²) in [5, 5.41) is 10.1. The van der Waals surface area contributed by atoms with Gasteiger partial charge in [-0.05, 0) is 48.9 Å². The number of benzene rings is 3. The fraction of sp³-hybridized carbons (Fsp3) is 0.333. The summed E-state index contributed by atoms with van der Waals surface area (Å²) in [6.45, 7) is 0.579. The smallest absolute Gasteiger partial charge is 0.376 e. The molecule has 1 aliphatic rings. The lowest BCUT2D eigenvalue weighted by molar-refractivity contribution is -0.258. The van der Waals surface area contributed by atoms with Crippen LogP contribution in [0.25, 0.3) is 0 Å².